The number of hydrogen-bond acceptors (Lipinski definition) is 3. The standard InChI is InChI=1S/C13H17NO3/c1-17-12-3-2-8-14(9-12)11-6-4-10(5-7-11)13(15)16/h4-7,12H,2-3,8-9H2,1H3,(H,15,16)/t12-/m1/s1. The third-order valence-corrected chi connectivity index (χ3v) is 3.19. The SMILES string of the molecule is CO[C@@H]1CCCN(c2ccc(C(=O)O)cc2)C1. The minimum absolute atomic E-state index is 0.280. The lowest BCUT2D eigenvalue weighted by Gasteiger charge is -2.33. The summed E-state index contributed by atoms with van der Waals surface area (Å²) in [7, 11) is 1.74. The molecule has 1 saturated heterocycles. The second-order valence-corrected chi connectivity index (χ2v) is 4.30. The largest absolute Gasteiger partial charge is 0.478 e. The Morgan fingerprint density at radius 3 is 2.71 bits per heavy atom. The van der Waals surface area contributed by atoms with Gasteiger partial charge in [0.25, 0.3) is 0 Å². The van der Waals surface area contributed by atoms with Gasteiger partial charge in [0.2, 0.25) is 0 Å². The molecular weight excluding hydrogens is 218 g/mol. The van der Waals surface area contributed by atoms with Crippen LogP contribution in [0, 0.1) is 0 Å². The average Bonchev–Trinajstić information content (AvgIpc) is 2.39. The first kappa shape index (κ1) is 11.9. The molecule has 0 spiro atoms. The molecule has 1 aromatic rings. The summed E-state index contributed by atoms with van der Waals surface area (Å²) in [6.07, 6.45) is 2.49. The van der Waals surface area contributed by atoms with Gasteiger partial charge in [0, 0.05) is 25.9 Å². The number of ether oxygens (including phenoxy) is 1. The molecule has 0 radical (unpaired) electrons. The number of hydrogen-bond donors (Lipinski definition) is 1. The van der Waals surface area contributed by atoms with Crippen LogP contribution in [0.15, 0.2) is 24.3 Å². The predicted molar refractivity (Wildman–Crippen MR) is 65.6 cm³/mol. The summed E-state index contributed by atoms with van der Waals surface area (Å²) in [5, 5.41) is 8.83. The van der Waals surface area contributed by atoms with Crippen LogP contribution < -0.4 is 4.90 Å². The zero-order chi connectivity index (χ0) is 12.3. The van der Waals surface area contributed by atoms with Crippen LogP contribution in [0.25, 0.3) is 0 Å². The molecule has 1 heterocycles. The van der Waals surface area contributed by atoms with Gasteiger partial charge in [-0.25, -0.2) is 4.79 Å². The van der Waals surface area contributed by atoms with Gasteiger partial charge in [0.1, 0.15) is 0 Å². The summed E-state index contributed by atoms with van der Waals surface area (Å²) in [5.41, 5.74) is 1.39. The molecule has 1 aromatic carbocycles. The highest BCUT2D eigenvalue weighted by Gasteiger charge is 2.19. The smallest absolute Gasteiger partial charge is 0.335 e. The van der Waals surface area contributed by atoms with E-state index in [-0.39, 0.29) is 6.10 Å². The molecule has 0 unspecified atom stereocenters. The molecular formula is C13H17NO3. The van der Waals surface area contributed by atoms with Gasteiger partial charge in [0.05, 0.1) is 11.7 Å². The van der Waals surface area contributed by atoms with Crippen LogP contribution in [0.1, 0.15) is 23.2 Å². The summed E-state index contributed by atoms with van der Waals surface area (Å²) in [6.45, 7) is 1.88. The number of anilines is 1. The molecule has 0 saturated carbocycles. The van der Waals surface area contributed by atoms with Crippen molar-refractivity contribution in [3.8, 4) is 0 Å². The third kappa shape index (κ3) is 2.77. The summed E-state index contributed by atoms with van der Waals surface area (Å²) in [6, 6.07) is 7.02. The third-order valence-electron chi connectivity index (χ3n) is 3.19. The predicted octanol–water partition coefficient (Wildman–Crippen LogP) is 2.00. The molecule has 1 aliphatic heterocycles. The van der Waals surface area contributed by atoms with Gasteiger partial charge in [-0.05, 0) is 37.1 Å². The Morgan fingerprint density at radius 1 is 1.41 bits per heavy atom. The highest BCUT2D eigenvalue weighted by Crippen LogP contribution is 2.21. The minimum atomic E-state index is -0.884. The monoisotopic (exact) mass is 235 g/mol. The van der Waals surface area contributed by atoms with E-state index in [0.717, 1.165) is 31.6 Å². The van der Waals surface area contributed by atoms with E-state index in [1.165, 1.54) is 0 Å². The Labute approximate surface area is 101 Å². The molecule has 92 valence electrons. The van der Waals surface area contributed by atoms with Gasteiger partial charge in [-0.2, -0.15) is 0 Å². The molecule has 1 fully saturated rings. The van der Waals surface area contributed by atoms with Crippen molar-refractivity contribution in [1.29, 1.82) is 0 Å². The molecule has 0 aromatic heterocycles. The average molecular weight is 235 g/mol. The lowest BCUT2D eigenvalue weighted by Crippen LogP contribution is -2.39. The molecule has 0 amide bonds. The molecule has 4 heteroatoms. The van der Waals surface area contributed by atoms with Crippen molar-refractivity contribution in [2.75, 3.05) is 25.1 Å². The quantitative estimate of drug-likeness (QED) is 0.870. The van der Waals surface area contributed by atoms with Gasteiger partial charge in [-0.3, -0.25) is 0 Å². The van der Waals surface area contributed by atoms with Crippen LogP contribution in [-0.2, 0) is 4.74 Å². The van der Waals surface area contributed by atoms with Crippen LogP contribution >= 0.6 is 0 Å². The maximum absolute atomic E-state index is 10.8. The fourth-order valence-corrected chi connectivity index (χ4v) is 2.18. The second-order valence-electron chi connectivity index (χ2n) is 4.30. The molecule has 0 aliphatic carbocycles. The van der Waals surface area contributed by atoms with E-state index in [1.54, 1.807) is 19.2 Å². The fourth-order valence-electron chi connectivity index (χ4n) is 2.18. The fraction of sp³-hybridized carbons (Fsp3) is 0.462. The second kappa shape index (κ2) is 5.19. The first-order valence-corrected chi connectivity index (χ1v) is 5.82. The highest BCUT2D eigenvalue weighted by atomic mass is 16.5. The van der Waals surface area contributed by atoms with E-state index in [9.17, 15) is 4.79 Å². The molecule has 1 N–H and O–H groups in total. The first-order chi connectivity index (χ1) is 8.20. The lowest BCUT2D eigenvalue weighted by molar-refractivity contribution is 0.0696. The Kier molecular flexibility index (Phi) is 3.64. The van der Waals surface area contributed by atoms with Crippen molar-refractivity contribution in [3.05, 3.63) is 29.8 Å². The molecule has 1 aliphatic rings. The Morgan fingerprint density at radius 2 is 2.12 bits per heavy atom. The Hall–Kier alpha value is -1.55. The molecule has 17 heavy (non-hydrogen) atoms. The van der Waals surface area contributed by atoms with E-state index < -0.39 is 5.97 Å². The van der Waals surface area contributed by atoms with Crippen LogP contribution in [0.3, 0.4) is 0 Å². The van der Waals surface area contributed by atoms with Crippen LogP contribution in [0.4, 0.5) is 5.69 Å². The van der Waals surface area contributed by atoms with E-state index in [0.29, 0.717) is 5.56 Å². The summed E-state index contributed by atoms with van der Waals surface area (Å²) in [4.78, 5) is 13.0. The summed E-state index contributed by atoms with van der Waals surface area (Å²) < 4.78 is 5.37. The normalized spacial score (nSPS) is 20.3. The van der Waals surface area contributed by atoms with Crippen molar-refractivity contribution < 1.29 is 14.6 Å². The van der Waals surface area contributed by atoms with Crippen molar-refractivity contribution in [2.24, 2.45) is 0 Å². The Bertz CT molecular complexity index is 388. The van der Waals surface area contributed by atoms with Crippen LogP contribution in [0.5, 0.6) is 0 Å². The molecule has 1 atom stereocenters. The minimum Gasteiger partial charge on any atom is -0.478 e. The number of methoxy groups -OCH3 is 1. The molecule has 0 bridgehead atoms. The van der Waals surface area contributed by atoms with E-state index >= 15 is 0 Å². The van der Waals surface area contributed by atoms with E-state index in [4.69, 9.17) is 9.84 Å². The number of carboxylic acid groups (broad SMARTS) is 1. The molecule has 4 nitrogen and oxygen atoms in total. The molecule has 2 rings (SSSR count). The highest BCUT2D eigenvalue weighted by molar-refractivity contribution is 5.88. The number of nitrogens with zero attached hydrogens (tertiary/aromatic N) is 1. The number of benzene rings is 1. The summed E-state index contributed by atoms with van der Waals surface area (Å²) in [5.74, 6) is -0.884. The number of carbonyl (C=O) groups is 1. The number of piperidine rings is 1. The van der Waals surface area contributed by atoms with Gasteiger partial charge >= 0.3 is 5.97 Å². The van der Waals surface area contributed by atoms with E-state index in [1.807, 2.05) is 12.1 Å². The zero-order valence-corrected chi connectivity index (χ0v) is 9.93. The summed E-state index contributed by atoms with van der Waals surface area (Å²) >= 11 is 0. The maximum Gasteiger partial charge on any atom is 0.335 e. The van der Waals surface area contributed by atoms with Gasteiger partial charge < -0.3 is 14.7 Å². The lowest BCUT2D eigenvalue weighted by atomic mass is 10.1. The van der Waals surface area contributed by atoms with E-state index in [2.05, 4.69) is 4.90 Å². The van der Waals surface area contributed by atoms with Crippen molar-refractivity contribution in [2.45, 2.75) is 18.9 Å². The van der Waals surface area contributed by atoms with Crippen molar-refractivity contribution in [3.63, 3.8) is 0 Å². The van der Waals surface area contributed by atoms with Crippen LogP contribution in [0.2, 0.25) is 0 Å². The number of carboxylic acids is 1. The Balaban J connectivity index is 2.08. The van der Waals surface area contributed by atoms with Crippen molar-refractivity contribution >= 4 is 11.7 Å². The first-order valence-electron chi connectivity index (χ1n) is 5.82. The van der Waals surface area contributed by atoms with Crippen molar-refractivity contribution in [1.82, 2.24) is 0 Å². The van der Waals surface area contributed by atoms with Gasteiger partial charge in [-0.1, -0.05) is 0 Å². The maximum atomic E-state index is 10.8. The topological polar surface area (TPSA) is 49.8 Å². The zero-order valence-electron chi connectivity index (χ0n) is 9.93. The van der Waals surface area contributed by atoms with Crippen LogP contribution in [-0.4, -0.2) is 37.4 Å². The van der Waals surface area contributed by atoms with Gasteiger partial charge in [0.15, 0.2) is 0 Å². The number of aromatic carboxylic acids is 1. The van der Waals surface area contributed by atoms with Gasteiger partial charge in [-0.15, -0.1) is 0 Å². The number of rotatable bonds is 3.